The second-order valence-electron chi connectivity index (χ2n) is 2.47. The van der Waals surface area contributed by atoms with Crippen LogP contribution in [0.25, 0.3) is 0 Å². The van der Waals surface area contributed by atoms with Crippen molar-refractivity contribution in [3.05, 3.63) is 0 Å². The average molecular weight is 128 g/mol. The summed E-state index contributed by atoms with van der Waals surface area (Å²) in [6, 6.07) is 0. The summed E-state index contributed by atoms with van der Waals surface area (Å²) in [7, 11) is 0. The molecule has 2 atom stereocenters. The van der Waals surface area contributed by atoms with Gasteiger partial charge in [-0.2, -0.15) is 0 Å². The molecule has 9 heavy (non-hydrogen) atoms. The maximum atomic E-state index is 10.8. The fourth-order valence-corrected chi connectivity index (χ4v) is 1.25. The first-order valence-corrected chi connectivity index (χ1v) is 3.13. The molecule has 0 aromatic heterocycles. The third-order valence-corrected chi connectivity index (χ3v) is 1.66. The lowest BCUT2D eigenvalue weighted by molar-refractivity contribution is -0.138. The van der Waals surface area contributed by atoms with Gasteiger partial charge in [0.1, 0.15) is 5.78 Å². The van der Waals surface area contributed by atoms with Gasteiger partial charge in [-0.25, -0.2) is 0 Å². The number of Topliss-reactive ketones (excluding diaryl/α,β-unsaturated/α-hetero) is 1. The zero-order chi connectivity index (χ0) is 6.27. The van der Waals surface area contributed by atoms with E-state index in [0.717, 1.165) is 0 Å². The van der Waals surface area contributed by atoms with Crippen LogP contribution in [0.5, 0.6) is 0 Å². The van der Waals surface area contributed by atoms with Crippen molar-refractivity contribution in [3.8, 4) is 0 Å². The smallest absolute Gasteiger partial charge is 0.165 e. The molecule has 0 N–H and O–H groups in total. The van der Waals surface area contributed by atoms with Crippen LogP contribution >= 0.6 is 0 Å². The maximum absolute atomic E-state index is 10.8. The van der Waals surface area contributed by atoms with Crippen molar-refractivity contribution >= 4 is 5.78 Å². The van der Waals surface area contributed by atoms with E-state index in [1.54, 1.807) is 0 Å². The number of hydrogen-bond acceptors (Lipinski definition) is 3. The minimum atomic E-state index is -0.212. The molecule has 3 nitrogen and oxygen atoms in total. The molecule has 0 amide bonds. The Balaban J connectivity index is 2.11. The number of carbonyl (C=O) groups is 1. The lowest BCUT2D eigenvalue weighted by atomic mass is 10.1. The Morgan fingerprint density at radius 1 is 1.44 bits per heavy atom. The second-order valence-corrected chi connectivity index (χ2v) is 2.47. The van der Waals surface area contributed by atoms with Crippen molar-refractivity contribution in [2.45, 2.75) is 25.2 Å². The Hall–Kier alpha value is -0.410. The molecule has 3 heteroatoms. The molecule has 0 unspecified atom stereocenters. The van der Waals surface area contributed by atoms with Crippen molar-refractivity contribution in [2.75, 3.05) is 6.61 Å². The minimum absolute atomic E-state index is 0.0660. The molecular formula is C6H8O3. The normalized spacial score (nSPS) is 41.6. The number of carbonyl (C=O) groups excluding carboxylic acids is 1. The predicted octanol–water partition coefficient (Wildman–Crippen LogP) is 0.0908. The average Bonchev–Trinajstić information content (AvgIpc) is 2.11. The molecule has 2 aliphatic heterocycles. The van der Waals surface area contributed by atoms with Crippen molar-refractivity contribution in [3.63, 3.8) is 0 Å². The molecule has 0 aromatic rings. The molecule has 2 rings (SSSR count). The van der Waals surface area contributed by atoms with Gasteiger partial charge in [-0.05, 0) is 0 Å². The van der Waals surface area contributed by atoms with Gasteiger partial charge in [0.2, 0.25) is 0 Å². The quantitative estimate of drug-likeness (QED) is 0.464. The Labute approximate surface area is 52.9 Å². The highest BCUT2D eigenvalue weighted by molar-refractivity contribution is 5.80. The first-order chi connectivity index (χ1) is 4.34. The van der Waals surface area contributed by atoms with Crippen LogP contribution < -0.4 is 0 Å². The second kappa shape index (κ2) is 1.78. The van der Waals surface area contributed by atoms with E-state index in [9.17, 15) is 4.79 Å². The van der Waals surface area contributed by atoms with Gasteiger partial charge in [0.15, 0.2) is 6.29 Å². The van der Waals surface area contributed by atoms with Crippen molar-refractivity contribution < 1.29 is 14.3 Å². The fourth-order valence-electron chi connectivity index (χ4n) is 1.25. The highest BCUT2D eigenvalue weighted by Crippen LogP contribution is 2.23. The summed E-state index contributed by atoms with van der Waals surface area (Å²) < 4.78 is 10.3. The lowest BCUT2D eigenvalue weighted by Gasteiger charge is -2.15. The molecule has 0 spiro atoms. The molecule has 0 saturated carbocycles. The summed E-state index contributed by atoms with van der Waals surface area (Å²) in [5, 5.41) is 0. The Bertz CT molecular complexity index is 129. The minimum Gasteiger partial charge on any atom is -0.349 e. The van der Waals surface area contributed by atoms with Gasteiger partial charge in [0, 0.05) is 6.42 Å². The molecule has 2 fully saturated rings. The van der Waals surface area contributed by atoms with E-state index >= 15 is 0 Å². The Morgan fingerprint density at radius 2 is 2.33 bits per heavy atom. The van der Waals surface area contributed by atoms with Crippen LogP contribution in [0.15, 0.2) is 0 Å². The highest BCUT2D eigenvalue weighted by atomic mass is 16.7. The molecule has 0 radical (unpaired) electrons. The van der Waals surface area contributed by atoms with Crippen molar-refractivity contribution in [1.29, 1.82) is 0 Å². The summed E-state index contributed by atoms with van der Waals surface area (Å²) >= 11 is 0. The third kappa shape index (κ3) is 0.862. The van der Waals surface area contributed by atoms with E-state index in [-0.39, 0.29) is 18.2 Å². The van der Waals surface area contributed by atoms with Gasteiger partial charge < -0.3 is 9.47 Å². The number of fused-ring (bicyclic) bond motifs is 2. The van der Waals surface area contributed by atoms with Gasteiger partial charge in [0.25, 0.3) is 0 Å². The molecule has 0 aromatic carbocycles. The van der Waals surface area contributed by atoms with E-state index in [0.29, 0.717) is 19.4 Å². The van der Waals surface area contributed by atoms with E-state index in [1.165, 1.54) is 0 Å². The van der Waals surface area contributed by atoms with Crippen LogP contribution in [-0.4, -0.2) is 24.8 Å². The summed E-state index contributed by atoms with van der Waals surface area (Å²) in [6.45, 7) is 0.608. The molecule has 2 saturated heterocycles. The number of ketones is 1. The van der Waals surface area contributed by atoms with Crippen LogP contribution in [0.2, 0.25) is 0 Å². The number of rotatable bonds is 0. The van der Waals surface area contributed by atoms with Crippen LogP contribution in [0.1, 0.15) is 12.8 Å². The fraction of sp³-hybridized carbons (Fsp3) is 0.833. The van der Waals surface area contributed by atoms with E-state index in [4.69, 9.17) is 9.47 Å². The summed E-state index contributed by atoms with van der Waals surface area (Å²) in [4.78, 5) is 10.8. The SMILES string of the molecule is O=C1C[C@H]2CO[C@@H](C1)O2. The van der Waals surface area contributed by atoms with Crippen molar-refractivity contribution in [2.24, 2.45) is 0 Å². The first kappa shape index (κ1) is 5.38. The highest BCUT2D eigenvalue weighted by Gasteiger charge is 2.34. The predicted molar refractivity (Wildman–Crippen MR) is 28.9 cm³/mol. The number of hydrogen-bond donors (Lipinski definition) is 0. The van der Waals surface area contributed by atoms with Crippen LogP contribution in [-0.2, 0) is 14.3 Å². The Kier molecular flexibility index (Phi) is 1.07. The topological polar surface area (TPSA) is 35.5 Å². The van der Waals surface area contributed by atoms with Crippen LogP contribution in [0.4, 0.5) is 0 Å². The third-order valence-electron chi connectivity index (χ3n) is 1.66. The molecule has 2 bridgehead atoms. The first-order valence-electron chi connectivity index (χ1n) is 3.13. The van der Waals surface area contributed by atoms with Gasteiger partial charge >= 0.3 is 0 Å². The largest absolute Gasteiger partial charge is 0.349 e. The van der Waals surface area contributed by atoms with E-state index in [1.807, 2.05) is 0 Å². The zero-order valence-electron chi connectivity index (χ0n) is 5.00. The molecule has 2 heterocycles. The van der Waals surface area contributed by atoms with E-state index in [2.05, 4.69) is 0 Å². The zero-order valence-corrected chi connectivity index (χ0v) is 5.00. The number of ether oxygens (including phenoxy) is 2. The van der Waals surface area contributed by atoms with Crippen LogP contribution in [0, 0.1) is 0 Å². The van der Waals surface area contributed by atoms with Gasteiger partial charge in [-0.15, -0.1) is 0 Å². The summed E-state index contributed by atoms with van der Waals surface area (Å²) in [5.74, 6) is 0.272. The monoisotopic (exact) mass is 128 g/mol. The van der Waals surface area contributed by atoms with Gasteiger partial charge in [0.05, 0.1) is 19.1 Å². The molecule has 50 valence electrons. The lowest BCUT2D eigenvalue weighted by Crippen LogP contribution is -2.25. The summed E-state index contributed by atoms with van der Waals surface area (Å²) in [5.41, 5.74) is 0. The standard InChI is InChI=1S/C6H8O3/c7-4-1-5-3-8-6(2-4)9-5/h5-6H,1-3H2/t5-,6+/m0/s1. The van der Waals surface area contributed by atoms with E-state index < -0.39 is 0 Å². The van der Waals surface area contributed by atoms with Crippen LogP contribution in [0.3, 0.4) is 0 Å². The molecule has 2 aliphatic rings. The van der Waals surface area contributed by atoms with Crippen molar-refractivity contribution in [1.82, 2.24) is 0 Å². The van der Waals surface area contributed by atoms with Gasteiger partial charge in [-0.3, -0.25) is 4.79 Å². The summed E-state index contributed by atoms with van der Waals surface area (Å²) in [6.07, 6.45) is 0.861. The molecule has 0 aliphatic carbocycles. The Morgan fingerprint density at radius 3 is 3.11 bits per heavy atom. The molecular weight excluding hydrogens is 120 g/mol. The van der Waals surface area contributed by atoms with Gasteiger partial charge in [-0.1, -0.05) is 0 Å². The maximum Gasteiger partial charge on any atom is 0.165 e.